The van der Waals surface area contributed by atoms with Gasteiger partial charge in [0.05, 0.1) is 0 Å². The summed E-state index contributed by atoms with van der Waals surface area (Å²) >= 11 is 0. The van der Waals surface area contributed by atoms with Crippen LogP contribution in [-0.2, 0) is 27.8 Å². The molecule has 6 fully saturated rings. The number of nitrogens with zero attached hydrogens (tertiary/aromatic N) is 6. The van der Waals surface area contributed by atoms with E-state index in [0.717, 1.165) is 80.4 Å². The Labute approximate surface area is 353 Å². The molecule has 330 valence electrons. The molecule has 4 saturated heterocycles. The fourth-order valence-electron chi connectivity index (χ4n) is 11.1. The van der Waals surface area contributed by atoms with Gasteiger partial charge in [0.2, 0.25) is 0 Å². The van der Waals surface area contributed by atoms with E-state index in [4.69, 9.17) is 27.8 Å². The largest absolute Gasteiger partial charge is 0.408 e. The molecule has 2 aliphatic carbocycles. The Hall–Kier alpha value is -3.11. The van der Waals surface area contributed by atoms with Crippen molar-refractivity contribution in [2.75, 3.05) is 0 Å². The van der Waals surface area contributed by atoms with Crippen molar-refractivity contribution in [3.8, 4) is 5.82 Å². The highest BCUT2D eigenvalue weighted by Gasteiger charge is 2.80. The third-order valence-corrected chi connectivity index (χ3v) is 24.8. The molecule has 2 unspecified atom stereocenters. The standard InChI is InChI=1S/C22H33N5O4Si.C20H32N2O5Si/c1-6-22-17(31-32(7-2,8-3)9-4)16(29-21(22)10-11-21)19(30-22)26-12-15(5)18(25-20(26)28)27-14-23-13-24-27;1-6-20-15(27-28(7-2,8-3)9-4)14(25-19(20)10-11-19)17(26-20)22-12-13(5)16(23)21-18(22)24/h12-14,16-17,19H,6-11H2,1-5H3;12,14-15,17H,6-11H2,1-5H3,(H,21,23,24)/t16?,17-,19-,22-;14?,15-,17-,20-/m11/s1. The predicted molar refractivity (Wildman–Crippen MR) is 228 cm³/mol. The van der Waals surface area contributed by atoms with Crippen molar-refractivity contribution >= 4 is 16.6 Å². The summed E-state index contributed by atoms with van der Waals surface area (Å²) in [5.41, 5.74) is -1.50. The van der Waals surface area contributed by atoms with Crippen LogP contribution < -0.4 is 16.9 Å². The molecule has 6 aliphatic rings. The van der Waals surface area contributed by atoms with Gasteiger partial charge in [-0.1, -0.05) is 55.4 Å². The zero-order valence-corrected chi connectivity index (χ0v) is 39.1. The predicted octanol–water partition coefficient (Wildman–Crippen LogP) is 5.98. The number of hydrogen-bond acceptors (Lipinski definition) is 12. The van der Waals surface area contributed by atoms with Gasteiger partial charge in [0, 0.05) is 23.5 Å². The number of hydrogen-bond donors (Lipinski definition) is 1. The highest BCUT2D eigenvalue weighted by molar-refractivity contribution is 6.74. The summed E-state index contributed by atoms with van der Waals surface area (Å²) in [6, 6.07) is 6.35. The first-order valence-corrected chi connectivity index (χ1v) is 27.6. The zero-order valence-electron chi connectivity index (χ0n) is 37.1. The molecule has 2 saturated carbocycles. The molecule has 0 radical (unpaired) electrons. The molecule has 18 heteroatoms. The second kappa shape index (κ2) is 15.6. The van der Waals surface area contributed by atoms with Crippen LogP contribution >= 0.6 is 0 Å². The summed E-state index contributed by atoms with van der Waals surface area (Å²) in [6.45, 7) is 21.2. The number of aryl methyl sites for hydroxylation is 2. The minimum atomic E-state index is -1.91. The van der Waals surface area contributed by atoms with Crippen LogP contribution in [0.2, 0.25) is 36.3 Å². The Balaban J connectivity index is 0.000000168. The number of nitrogens with one attached hydrogen (secondary N) is 1. The summed E-state index contributed by atoms with van der Waals surface area (Å²) in [5.74, 6) is 0.471. The Morgan fingerprint density at radius 2 is 1.17 bits per heavy atom. The van der Waals surface area contributed by atoms with Gasteiger partial charge in [-0.3, -0.25) is 18.9 Å². The van der Waals surface area contributed by atoms with Crippen LogP contribution in [0.1, 0.15) is 117 Å². The lowest BCUT2D eigenvalue weighted by atomic mass is 9.88. The molecule has 9 rings (SSSR count). The van der Waals surface area contributed by atoms with Gasteiger partial charge in [-0.25, -0.2) is 19.3 Å². The van der Waals surface area contributed by atoms with Crippen LogP contribution in [0.25, 0.3) is 5.82 Å². The number of rotatable bonds is 15. The van der Waals surface area contributed by atoms with E-state index in [1.807, 2.05) is 6.92 Å². The Morgan fingerprint density at radius 1 is 0.700 bits per heavy atom. The van der Waals surface area contributed by atoms with Crippen LogP contribution in [0.3, 0.4) is 0 Å². The van der Waals surface area contributed by atoms with Gasteiger partial charge in [0.25, 0.3) is 5.56 Å². The Morgan fingerprint density at radius 3 is 1.58 bits per heavy atom. The number of aromatic nitrogens is 7. The van der Waals surface area contributed by atoms with Crippen molar-refractivity contribution in [2.45, 2.75) is 203 Å². The first-order valence-electron chi connectivity index (χ1n) is 22.5. The number of ether oxygens (including phenoxy) is 4. The van der Waals surface area contributed by atoms with Gasteiger partial charge in [-0.05, 0) is 88.6 Å². The van der Waals surface area contributed by atoms with Crippen molar-refractivity contribution in [3.63, 3.8) is 0 Å². The molecule has 7 heterocycles. The molecule has 2 spiro atoms. The second-order valence-electron chi connectivity index (χ2n) is 18.0. The molecule has 3 aromatic heterocycles. The fourth-order valence-corrected chi connectivity index (χ4v) is 16.8. The number of H-pyrrole nitrogens is 1. The average Bonchev–Trinajstić information content (AvgIpc) is 3.99. The van der Waals surface area contributed by atoms with E-state index in [0.29, 0.717) is 11.4 Å². The molecule has 3 aromatic rings. The van der Waals surface area contributed by atoms with E-state index in [-0.39, 0.29) is 46.9 Å². The first-order chi connectivity index (χ1) is 28.7. The van der Waals surface area contributed by atoms with Crippen LogP contribution in [0, 0.1) is 13.8 Å². The lowest BCUT2D eigenvalue weighted by molar-refractivity contribution is -0.225. The topological polar surface area (TPSA) is 176 Å². The van der Waals surface area contributed by atoms with Crippen molar-refractivity contribution in [1.29, 1.82) is 0 Å². The van der Waals surface area contributed by atoms with E-state index >= 15 is 0 Å². The summed E-state index contributed by atoms with van der Waals surface area (Å²) in [6.07, 6.45) is 9.74. The summed E-state index contributed by atoms with van der Waals surface area (Å²) in [5, 5.41) is 4.11. The second-order valence-corrected chi connectivity index (χ2v) is 27.4. The summed E-state index contributed by atoms with van der Waals surface area (Å²) in [7, 11) is -3.80. The van der Waals surface area contributed by atoms with Gasteiger partial charge < -0.3 is 27.8 Å². The molecular weight excluding hydrogens is 803 g/mol. The highest BCUT2D eigenvalue weighted by Crippen LogP contribution is 2.68. The van der Waals surface area contributed by atoms with Crippen molar-refractivity contribution < 1.29 is 27.8 Å². The molecule has 60 heavy (non-hydrogen) atoms. The van der Waals surface area contributed by atoms with Gasteiger partial charge in [0.1, 0.15) is 59.5 Å². The van der Waals surface area contributed by atoms with Crippen LogP contribution in [0.4, 0.5) is 0 Å². The van der Waals surface area contributed by atoms with E-state index in [1.54, 1.807) is 23.9 Å². The molecule has 1 N–H and O–H groups in total. The fraction of sp³-hybridized carbons (Fsp3) is 0.762. The zero-order chi connectivity index (χ0) is 43.0. The first kappa shape index (κ1) is 43.5. The lowest BCUT2D eigenvalue weighted by Crippen LogP contribution is -2.53. The Kier molecular flexibility index (Phi) is 11.3. The highest BCUT2D eigenvalue weighted by atomic mass is 28.4. The molecular formula is C42H65N7O9Si2. The average molecular weight is 868 g/mol. The van der Waals surface area contributed by atoms with E-state index in [9.17, 15) is 14.4 Å². The molecule has 4 aliphatic heterocycles. The minimum absolute atomic E-state index is 0.159. The van der Waals surface area contributed by atoms with Crippen LogP contribution in [0.15, 0.2) is 39.4 Å². The van der Waals surface area contributed by atoms with Gasteiger partial charge >= 0.3 is 11.4 Å². The van der Waals surface area contributed by atoms with Crippen LogP contribution in [-0.4, -0.2) is 97.3 Å². The number of fused-ring (bicyclic) bond motifs is 6. The van der Waals surface area contributed by atoms with E-state index in [2.05, 4.69) is 75.4 Å². The van der Waals surface area contributed by atoms with Crippen LogP contribution in [0.5, 0.6) is 0 Å². The third kappa shape index (κ3) is 6.40. The van der Waals surface area contributed by atoms with Crippen molar-refractivity contribution in [1.82, 2.24) is 33.9 Å². The van der Waals surface area contributed by atoms with Gasteiger partial charge in [-0.2, -0.15) is 10.1 Å². The molecule has 16 nitrogen and oxygen atoms in total. The van der Waals surface area contributed by atoms with Gasteiger partial charge in [-0.15, -0.1) is 0 Å². The monoisotopic (exact) mass is 867 g/mol. The summed E-state index contributed by atoms with van der Waals surface area (Å²) in [4.78, 5) is 48.1. The van der Waals surface area contributed by atoms with E-state index in [1.165, 1.54) is 21.9 Å². The molecule has 4 bridgehead atoms. The maximum atomic E-state index is 13.1. The van der Waals surface area contributed by atoms with Gasteiger partial charge in [0.15, 0.2) is 34.9 Å². The maximum absolute atomic E-state index is 13.1. The molecule has 8 atom stereocenters. The van der Waals surface area contributed by atoms with E-state index < -0.39 is 46.0 Å². The minimum Gasteiger partial charge on any atom is -0.408 e. The smallest absolute Gasteiger partial charge is 0.351 e. The third-order valence-electron chi connectivity index (χ3n) is 15.5. The van der Waals surface area contributed by atoms with Crippen molar-refractivity contribution in [2.24, 2.45) is 0 Å². The molecule has 0 amide bonds. The molecule has 0 aromatic carbocycles. The number of aromatic amines is 1. The van der Waals surface area contributed by atoms with Crippen molar-refractivity contribution in [3.05, 3.63) is 67.5 Å². The normalized spacial score (nSPS) is 31.6. The SMILES string of the molecule is CC[C@]12O[C@@H](n3cc(C)c(-n4cncn4)nc3=O)C(OC13CC3)[C@H]2O[Si](CC)(CC)CC.CC[C@]12O[C@@H](n3cc(C)c(=O)[nH]c3=O)C(OC13CC3)[C@H]2O[Si](CC)(CC)CC. The Bertz CT molecular complexity index is 2220. The summed E-state index contributed by atoms with van der Waals surface area (Å²) < 4.78 is 45.2. The maximum Gasteiger partial charge on any atom is 0.351 e. The lowest BCUT2D eigenvalue weighted by Gasteiger charge is -2.40. The quantitative estimate of drug-likeness (QED) is 0.177.